The van der Waals surface area contributed by atoms with Crippen LogP contribution >= 0.6 is 27.5 Å². The predicted molar refractivity (Wildman–Crippen MR) is 126 cm³/mol. The minimum atomic E-state index is 0.0886. The summed E-state index contributed by atoms with van der Waals surface area (Å²) in [5.74, 6) is 1.52. The van der Waals surface area contributed by atoms with Crippen LogP contribution in [0.4, 0.5) is 11.4 Å². The highest BCUT2D eigenvalue weighted by Crippen LogP contribution is 2.35. The Morgan fingerprint density at radius 1 is 1.10 bits per heavy atom. The van der Waals surface area contributed by atoms with E-state index in [2.05, 4.69) is 38.3 Å². The number of hydrogen-bond donors (Lipinski definition) is 1. The highest BCUT2D eigenvalue weighted by atomic mass is 79.9. The van der Waals surface area contributed by atoms with E-state index in [-0.39, 0.29) is 6.10 Å². The summed E-state index contributed by atoms with van der Waals surface area (Å²) in [7, 11) is 0. The lowest BCUT2D eigenvalue weighted by Gasteiger charge is -2.29. The van der Waals surface area contributed by atoms with Crippen LogP contribution in [0.25, 0.3) is 0 Å². The molecule has 1 fully saturated rings. The van der Waals surface area contributed by atoms with E-state index >= 15 is 0 Å². The molecule has 0 radical (unpaired) electrons. The van der Waals surface area contributed by atoms with E-state index in [9.17, 15) is 0 Å². The van der Waals surface area contributed by atoms with E-state index in [0.29, 0.717) is 13.2 Å². The topological polar surface area (TPSA) is 33.7 Å². The molecule has 3 rings (SSSR count). The number of hydrogen-bond acceptors (Lipinski definition) is 4. The molecule has 0 aliphatic carbocycles. The van der Waals surface area contributed by atoms with Gasteiger partial charge in [0, 0.05) is 29.8 Å². The van der Waals surface area contributed by atoms with E-state index in [1.54, 1.807) is 0 Å². The maximum atomic E-state index is 6.58. The number of anilines is 2. The lowest BCUT2D eigenvalue weighted by atomic mass is 10.1. The Hall–Kier alpha value is -1.59. The summed E-state index contributed by atoms with van der Waals surface area (Å²) in [4.78, 5) is 2.38. The molecule has 1 aliphatic rings. The minimum Gasteiger partial charge on any atom is -0.490 e. The predicted octanol–water partition coefficient (Wildman–Crippen LogP) is 6.89. The molecular weight excluding hydrogens is 452 g/mol. The van der Waals surface area contributed by atoms with Gasteiger partial charge < -0.3 is 19.7 Å². The second-order valence-electron chi connectivity index (χ2n) is 7.56. The maximum Gasteiger partial charge on any atom is 0.162 e. The molecule has 6 heteroatoms. The summed E-state index contributed by atoms with van der Waals surface area (Å²) >= 11 is 10.2. The fourth-order valence-corrected chi connectivity index (χ4v) is 4.30. The lowest BCUT2D eigenvalue weighted by molar-refractivity contribution is 0.223. The molecule has 0 aromatic heterocycles. The molecule has 1 saturated heterocycles. The largest absolute Gasteiger partial charge is 0.490 e. The van der Waals surface area contributed by atoms with Crippen LogP contribution in [0.15, 0.2) is 34.8 Å². The van der Waals surface area contributed by atoms with Gasteiger partial charge in [0.25, 0.3) is 0 Å². The van der Waals surface area contributed by atoms with Crippen molar-refractivity contribution in [1.82, 2.24) is 0 Å². The summed E-state index contributed by atoms with van der Waals surface area (Å²) in [6, 6.07) is 10.2. The third-order valence-electron chi connectivity index (χ3n) is 4.90. The van der Waals surface area contributed by atoms with Gasteiger partial charge in [0.1, 0.15) is 0 Å². The van der Waals surface area contributed by atoms with Gasteiger partial charge in [0.2, 0.25) is 0 Å². The second-order valence-corrected chi connectivity index (χ2v) is 8.82. The van der Waals surface area contributed by atoms with Gasteiger partial charge in [-0.2, -0.15) is 0 Å². The van der Waals surface area contributed by atoms with Crippen LogP contribution in [0.5, 0.6) is 11.5 Å². The van der Waals surface area contributed by atoms with Crippen molar-refractivity contribution in [3.63, 3.8) is 0 Å². The molecule has 1 aliphatic heterocycles. The van der Waals surface area contributed by atoms with Crippen LogP contribution in [0.1, 0.15) is 45.6 Å². The molecule has 1 N–H and O–H groups in total. The molecule has 0 saturated carbocycles. The zero-order valence-electron chi connectivity index (χ0n) is 17.4. The van der Waals surface area contributed by atoms with E-state index in [4.69, 9.17) is 21.1 Å². The molecule has 0 bridgehead atoms. The number of nitrogens with one attached hydrogen (secondary N) is 1. The fourth-order valence-electron chi connectivity index (χ4n) is 3.53. The van der Waals surface area contributed by atoms with E-state index in [1.807, 2.05) is 39.0 Å². The van der Waals surface area contributed by atoms with Gasteiger partial charge in [-0.3, -0.25) is 0 Å². The molecular formula is C23H30BrClN2O2. The molecule has 1 heterocycles. The number of benzene rings is 2. The van der Waals surface area contributed by atoms with Crippen LogP contribution in [-0.4, -0.2) is 25.8 Å². The van der Waals surface area contributed by atoms with Crippen LogP contribution in [0.2, 0.25) is 5.02 Å². The van der Waals surface area contributed by atoms with Crippen LogP contribution in [0, 0.1) is 0 Å². The maximum absolute atomic E-state index is 6.58. The first-order chi connectivity index (χ1) is 14.0. The minimum absolute atomic E-state index is 0.0886. The third-order valence-corrected chi connectivity index (χ3v) is 5.94. The summed E-state index contributed by atoms with van der Waals surface area (Å²) in [5, 5.41) is 4.27. The Balaban J connectivity index is 1.71. The molecule has 4 nitrogen and oxygen atoms in total. The van der Waals surface area contributed by atoms with Gasteiger partial charge in [0.15, 0.2) is 11.5 Å². The molecule has 2 aromatic carbocycles. The number of rotatable bonds is 8. The summed E-state index contributed by atoms with van der Waals surface area (Å²) < 4.78 is 12.7. The van der Waals surface area contributed by atoms with E-state index < -0.39 is 0 Å². The normalized spacial score (nSPS) is 14.2. The molecule has 0 spiro atoms. The van der Waals surface area contributed by atoms with E-state index in [0.717, 1.165) is 51.0 Å². The Kier molecular flexibility index (Phi) is 7.96. The van der Waals surface area contributed by atoms with Crippen LogP contribution in [-0.2, 0) is 6.54 Å². The quantitative estimate of drug-likeness (QED) is 0.445. The first-order valence-corrected chi connectivity index (χ1v) is 11.5. The average molecular weight is 482 g/mol. The van der Waals surface area contributed by atoms with Gasteiger partial charge in [-0.05, 0) is 75.9 Å². The first-order valence-electron chi connectivity index (χ1n) is 10.4. The van der Waals surface area contributed by atoms with Crippen LogP contribution in [0.3, 0.4) is 0 Å². The van der Waals surface area contributed by atoms with Gasteiger partial charge in [-0.25, -0.2) is 0 Å². The molecule has 0 unspecified atom stereocenters. The van der Waals surface area contributed by atoms with Crippen molar-refractivity contribution in [2.45, 2.75) is 52.7 Å². The van der Waals surface area contributed by atoms with Crippen molar-refractivity contribution in [3.8, 4) is 11.5 Å². The van der Waals surface area contributed by atoms with Gasteiger partial charge in [-0.1, -0.05) is 27.5 Å². The zero-order chi connectivity index (χ0) is 20.8. The van der Waals surface area contributed by atoms with Crippen molar-refractivity contribution in [2.24, 2.45) is 0 Å². The Morgan fingerprint density at radius 3 is 2.52 bits per heavy atom. The average Bonchev–Trinajstić information content (AvgIpc) is 2.69. The number of ether oxygens (including phenoxy) is 2. The molecule has 2 aromatic rings. The van der Waals surface area contributed by atoms with Gasteiger partial charge in [-0.15, -0.1) is 0 Å². The lowest BCUT2D eigenvalue weighted by Crippen LogP contribution is -2.29. The third kappa shape index (κ3) is 5.95. The van der Waals surface area contributed by atoms with Crippen molar-refractivity contribution in [3.05, 3.63) is 45.4 Å². The monoisotopic (exact) mass is 480 g/mol. The number of nitrogens with zero attached hydrogens (tertiary/aromatic N) is 1. The summed E-state index contributed by atoms with van der Waals surface area (Å²) in [5.41, 5.74) is 3.23. The van der Waals surface area contributed by atoms with Crippen molar-refractivity contribution >= 4 is 38.9 Å². The molecule has 0 amide bonds. The van der Waals surface area contributed by atoms with Gasteiger partial charge >= 0.3 is 0 Å². The number of halogens is 2. The van der Waals surface area contributed by atoms with Crippen LogP contribution < -0.4 is 19.7 Å². The van der Waals surface area contributed by atoms with E-state index in [1.165, 1.54) is 19.3 Å². The standard InChI is InChI=1S/C23H30BrClN2O2/c1-4-28-22-12-17(19(24)14-23(22)29-16(2)3)15-26-18-8-9-21(20(25)13-18)27-10-6-5-7-11-27/h8-9,12-14,16,26H,4-7,10-11,15H2,1-3H3. The summed E-state index contributed by atoms with van der Waals surface area (Å²) in [6.07, 6.45) is 3.88. The highest BCUT2D eigenvalue weighted by molar-refractivity contribution is 9.10. The number of piperidine rings is 1. The zero-order valence-corrected chi connectivity index (χ0v) is 19.8. The smallest absolute Gasteiger partial charge is 0.162 e. The van der Waals surface area contributed by atoms with Crippen molar-refractivity contribution in [1.29, 1.82) is 0 Å². The highest BCUT2D eigenvalue weighted by Gasteiger charge is 2.15. The van der Waals surface area contributed by atoms with Crippen molar-refractivity contribution in [2.75, 3.05) is 29.9 Å². The first kappa shape index (κ1) is 22.1. The second kappa shape index (κ2) is 10.4. The summed E-state index contributed by atoms with van der Waals surface area (Å²) in [6.45, 7) is 9.42. The Bertz CT molecular complexity index is 823. The SMILES string of the molecule is CCOc1cc(CNc2ccc(N3CCCCC3)c(Cl)c2)c(Br)cc1OC(C)C. The van der Waals surface area contributed by atoms with Gasteiger partial charge in [0.05, 0.1) is 23.4 Å². The molecule has 158 valence electrons. The molecule has 29 heavy (non-hydrogen) atoms. The fraction of sp³-hybridized carbons (Fsp3) is 0.478. The Morgan fingerprint density at radius 2 is 1.86 bits per heavy atom. The molecule has 0 atom stereocenters. The van der Waals surface area contributed by atoms with Crippen molar-refractivity contribution < 1.29 is 9.47 Å². The Labute approximate surface area is 187 Å².